The van der Waals surface area contributed by atoms with E-state index in [1.165, 1.54) is 12.1 Å². The van der Waals surface area contributed by atoms with Crippen molar-refractivity contribution in [1.82, 2.24) is 4.90 Å². The third kappa shape index (κ3) is 10.3. The molecule has 0 radical (unpaired) electrons. The minimum atomic E-state index is -1.48. The van der Waals surface area contributed by atoms with Crippen LogP contribution in [0.5, 0.6) is 17.2 Å². The summed E-state index contributed by atoms with van der Waals surface area (Å²) in [6, 6.07) is 19.1. The van der Waals surface area contributed by atoms with Crippen LogP contribution in [0.15, 0.2) is 114 Å². The van der Waals surface area contributed by atoms with Crippen molar-refractivity contribution in [2.24, 2.45) is 22.9 Å². The van der Waals surface area contributed by atoms with Gasteiger partial charge in [-0.1, -0.05) is 48.4 Å². The zero-order chi connectivity index (χ0) is 42.5. The summed E-state index contributed by atoms with van der Waals surface area (Å²) in [5.74, 6) is -0.563. The lowest BCUT2D eigenvalue weighted by Gasteiger charge is -2.59. The number of hydrogen-bond donors (Lipinski definition) is 2. The molecule has 1 fully saturated rings. The fourth-order valence-electron chi connectivity index (χ4n) is 9.04. The molecule has 3 aromatic carbocycles. The van der Waals surface area contributed by atoms with E-state index >= 15 is 0 Å². The molecule has 322 valence electrons. The monoisotopic (exact) mass is 842 g/mol. The van der Waals surface area contributed by atoms with Gasteiger partial charge in [-0.15, -0.1) is 24.9 Å². The molecule has 1 saturated carbocycles. The number of allylic oxidation sites excluding steroid dienone is 1. The zero-order valence-electron chi connectivity index (χ0n) is 34.8. The molecule has 0 aromatic heterocycles. The second-order valence-electron chi connectivity index (χ2n) is 15.4. The summed E-state index contributed by atoms with van der Waals surface area (Å²) in [6.45, 7) is 10.5. The predicted molar refractivity (Wildman–Crippen MR) is 233 cm³/mol. The molecule has 2 N–H and O–H groups in total. The Labute approximate surface area is 358 Å². The van der Waals surface area contributed by atoms with Gasteiger partial charge in [0.05, 0.1) is 24.8 Å². The summed E-state index contributed by atoms with van der Waals surface area (Å²) < 4.78 is 41.0. The normalized spacial score (nSPS) is 23.4. The molecule has 6 rings (SSSR count). The maximum Gasteiger partial charge on any atom is 0.410 e. The van der Waals surface area contributed by atoms with E-state index < -0.39 is 23.8 Å². The number of oxime groups is 1. The molecule has 1 aliphatic heterocycles. The first-order chi connectivity index (χ1) is 29.3. The number of hydrogen-bond acceptors (Lipinski definition) is 10. The van der Waals surface area contributed by atoms with Crippen molar-refractivity contribution in [2.45, 2.75) is 87.5 Å². The molecule has 12 heteroatoms. The summed E-state index contributed by atoms with van der Waals surface area (Å²) >= 11 is 1.66. The summed E-state index contributed by atoms with van der Waals surface area (Å²) in [5.41, 5.74) is 3.23. The van der Waals surface area contributed by atoms with Gasteiger partial charge in [0.1, 0.15) is 35.7 Å². The van der Waals surface area contributed by atoms with Gasteiger partial charge in [-0.25, -0.2) is 9.18 Å². The van der Waals surface area contributed by atoms with Crippen LogP contribution in [0.4, 0.5) is 9.18 Å². The van der Waals surface area contributed by atoms with Crippen LogP contribution in [-0.4, -0.2) is 78.0 Å². The lowest BCUT2D eigenvalue weighted by atomic mass is 9.55. The number of amides is 1. The molecule has 10 nitrogen and oxygen atoms in total. The molecule has 3 aromatic rings. The second-order valence-corrected chi connectivity index (χ2v) is 16.3. The average molecular weight is 843 g/mol. The highest BCUT2D eigenvalue weighted by atomic mass is 32.2. The van der Waals surface area contributed by atoms with Crippen molar-refractivity contribution in [3.8, 4) is 17.2 Å². The molecule has 1 heterocycles. The van der Waals surface area contributed by atoms with Gasteiger partial charge in [0, 0.05) is 42.6 Å². The van der Waals surface area contributed by atoms with Crippen LogP contribution in [0.3, 0.4) is 0 Å². The molecule has 6 atom stereocenters. The zero-order valence-corrected chi connectivity index (χ0v) is 35.6. The van der Waals surface area contributed by atoms with Gasteiger partial charge < -0.3 is 34.0 Å². The summed E-state index contributed by atoms with van der Waals surface area (Å²) in [6.07, 6.45) is 12.3. The fraction of sp³-hybridized carbons (Fsp3) is 0.458. The van der Waals surface area contributed by atoms with Gasteiger partial charge in [-0.3, -0.25) is 4.90 Å². The maximum atomic E-state index is 14.5. The smallest absolute Gasteiger partial charge is 0.410 e. The van der Waals surface area contributed by atoms with E-state index in [2.05, 4.69) is 25.3 Å². The van der Waals surface area contributed by atoms with Crippen LogP contribution in [0.25, 0.3) is 0 Å². The molecule has 0 bridgehead atoms. The van der Waals surface area contributed by atoms with Crippen LogP contribution in [-0.2, 0) is 20.9 Å². The molecule has 0 spiro atoms. The Hall–Kier alpha value is -4.62. The third-order valence-electron chi connectivity index (χ3n) is 11.7. The van der Waals surface area contributed by atoms with Crippen LogP contribution in [0.2, 0.25) is 0 Å². The number of carbonyl (C=O) groups excluding carboxylic acids is 1. The van der Waals surface area contributed by atoms with Crippen molar-refractivity contribution >= 4 is 23.6 Å². The summed E-state index contributed by atoms with van der Waals surface area (Å²) in [5, 5.41) is 24.6. The van der Waals surface area contributed by atoms with E-state index in [0.29, 0.717) is 54.4 Å². The van der Waals surface area contributed by atoms with E-state index in [4.69, 9.17) is 28.9 Å². The van der Waals surface area contributed by atoms with E-state index in [9.17, 15) is 19.4 Å². The Bertz CT molecular complexity index is 1960. The van der Waals surface area contributed by atoms with Crippen molar-refractivity contribution < 1.29 is 43.2 Å². The number of benzene rings is 3. The number of unbranched alkanes of at least 4 members (excludes halogenated alkanes) is 2. The molecule has 0 saturated heterocycles. The molecule has 6 unspecified atom stereocenters. The Balaban J connectivity index is 1.58. The lowest BCUT2D eigenvalue weighted by Crippen LogP contribution is -2.70. The second kappa shape index (κ2) is 21.8. The SMILES string of the molecule is C=CCCOC(=O)N(Cc1ccc(F)cc1)C1CC(=NOCC)C2=CC(CCCCO)C(CCCCO)C3c4cc(Oc5ccc(SC)cc5)ccc4OC1(OCC=C)C23. The first-order valence-electron chi connectivity index (χ1n) is 21.1. The number of fused-ring (bicyclic) bond motifs is 2. The maximum absolute atomic E-state index is 14.5. The van der Waals surface area contributed by atoms with E-state index in [1.807, 2.05) is 49.6 Å². The molecule has 3 aliphatic rings. The first-order valence-corrected chi connectivity index (χ1v) is 22.3. The minimum absolute atomic E-state index is 0.0339. The number of aliphatic hydroxyl groups is 2. The fourth-order valence-corrected chi connectivity index (χ4v) is 9.44. The Morgan fingerprint density at radius 3 is 2.42 bits per heavy atom. The topological polar surface area (TPSA) is 119 Å². The molecule has 2 aliphatic carbocycles. The van der Waals surface area contributed by atoms with Crippen LogP contribution in [0, 0.1) is 23.6 Å². The summed E-state index contributed by atoms with van der Waals surface area (Å²) in [7, 11) is 0. The van der Waals surface area contributed by atoms with Crippen molar-refractivity contribution in [3.05, 3.63) is 121 Å². The standard InChI is InChI=1S/C48H59FN2O8S/c1-5-8-28-55-47(54)51(32-33-15-17-35(49)18-16-33)44-31-42(50-57-7-3)40-29-34(13-9-11-25-52)39(14-10-12-26-53)45-41-30-37(58-36-19-22-38(60-4)23-20-36)21-24-43(41)59-48(44,46(40)45)56-27-6-2/h5-6,15-24,29-30,34,39,44-46,52-53H,1-2,7-14,25-28,31-32H2,3-4H3. The third-order valence-corrected chi connectivity index (χ3v) is 12.4. The highest BCUT2D eigenvalue weighted by Crippen LogP contribution is 2.62. The number of aliphatic hydroxyl groups excluding tert-OH is 2. The van der Waals surface area contributed by atoms with E-state index in [-0.39, 0.29) is 63.0 Å². The first kappa shape index (κ1) is 44.9. The number of ether oxygens (including phenoxy) is 4. The van der Waals surface area contributed by atoms with E-state index in [1.54, 1.807) is 40.9 Å². The molecular formula is C48H59FN2O8S. The molecular weight excluding hydrogens is 784 g/mol. The van der Waals surface area contributed by atoms with Gasteiger partial charge >= 0.3 is 6.09 Å². The van der Waals surface area contributed by atoms with Gasteiger partial charge in [-0.2, -0.15) is 0 Å². The Morgan fingerprint density at radius 2 is 1.73 bits per heavy atom. The number of carbonyl (C=O) groups is 1. The van der Waals surface area contributed by atoms with Crippen molar-refractivity contribution in [1.29, 1.82) is 0 Å². The van der Waals surface area contributed by atoms with Crippen LogP contribution >= 0.6 is 11.8 Å². The lowest BCUT2D eigenvalue weighted by molar-refractivity contribution is -0.256. The van der Waals surface area contributed by atoms with E-state index in [0.717, 1.165) is 41.7 Å². The van der Waals surface area contributed by atoms with Crippen molar-refractivity contribution in [3.63, 3.8) is 0 Å². The van der Waals surface area contributed by atoms with Gasteiger partial charge in [-0.05, 0) is 123 Å². The number of halogens is 1. The van der Waals surface area contributed by atoms with Gasteiger partial charge in [0.2, 0.25) is 5.79 Å². The van der Waals surface area contributed by atoms with Crippen molar-refractivity contribution in [2.75, 3.05) is 39.3 Å². The molecule has 60 heavy (non-hydrogen) atoms. The van der Waals surface area contributed by atoms with Crippen LogP contribution < -0.4 is 9.47 Å². The Morgan fingerprint density at radius 1 is 1.00 bits per heavy atom. The predicted octanol–water partition coefficient (Wildman–Crippen LogP) is 10.2. The number of rotatable bonds is 22. The minimum Gasteiger partial charge on any atom is -0.459 e. The largest absolute Gasteiger partial charge is 0.459 e. The van der Waals surface area contributed by atoms with Crippen LogP contribution in [0.1, 0.15) is 75.3 Å². The highest BCUT2D eigenvalue weighted by Gasteiger charge is 2.65. The quantitative estimate of drug-likeness (QED) is 0.0441. The van der Waals surface area contributed by atoms with Gasteiger partial charge in [0.25, 0.3) is 0 Å². The Kier molecular flexibility index (Phi) is 16.3. The highest BCUT2D eigenvalue weighted by molar-refractivity contribution is 7.98. The number of nitrogens with zero attached hydrogens (tertiary/aromatic N) is 2. The summed E-state index contributed by atoms with van der Waals surface area (Å²) in [4.78, 5) is 23.1. The van der Waals surface area contributed by atoms with Gasteiger partial charge in [0.15, 0.2) is 0 Å². The molecule has 1 amide bonds. The number of thioether (sulfide) groups is 1. The average Bonchev–Trinajstić information content (AvgIpc) is 3.26.